The summed E-state index contributed by atoms with van der Waals surface area (Å²) in [5, 5.41) is 11.6. The van der Waals surface area contributed by atoms with Gasteiger partial charge in [0.15, 0.2) is 0 Å². The molecule has 0 fully saturated rings. The van der Waals surface area contributed by atoms with E-state index in [0.717, 1.165) is 0 Å². The first-order chi connectivity index (χ1) is 9.23. The van der Waals surface area contributed by atoms with E-state index >= 15 is 0 Å². The molecule has 1 unspecified atom stereocenters. The van der Waals surface area contributed by atoms with Gasteiger partial charge in [0.05, 0.1) is 6.54 Å². The molecule has 1 heterocycles. The van der Waals surface area contributed by atoms with E-state index in [0.29, 0.717) is 17.4 Å². The van der Waals surface area contributed by atoms with Crippen molar-refractivity contribution in [2.45, 2.75) is 40.3 Å². The molecule has 6 nitrogen and oxygen atoms in total. The van der Waals surface area contributed by atoms with Crippen molar-refractivity contribution >= 4 is 12.0 Å². The van der Waals surface area contributed by atoms with Crippen molar-refractivity contribution in [3.8, 4) is 0 Å². The van der Waals surface area contributed by atoms with Crippen LogP contribution in [0.15, 0.2) is 10.5 Å². The fraction of sp³-hybridized carbons (Fsp3) is 0.571. The van der Waals surface area contributed by atoms with E-state index in [2.05, 4.69) is 5.32 Å². The Morgan fingerprint density at radius 3 is 2.45 bits per heavy atom. The second-order valence-electron chi connectivity index (χ2n) is 5.24. The van der Waals surface area contributed by atoms with Gasteiger partial charge in [0.2, 0.25) is 0 Å². The first-order valence-electron chi connectivity index (χ1n) is 6.57. The van der Waals surface area contributed by atoms with Gasteiger partial charge in [-0.1, -0.05) is 13.8 Å². The third kappa shape index (κ3) is 3.76. The zero-order chi connectivity index (χ0) is 15.4. The van der Waals surface area contributed by atoms with Crippen LogP contribution in [-0.2, 0) is 6.54 Å². The summed E-state index contributed by atoms with van der Waals surface area (Å²) >= 11 is 0. The van der Waals surface area contributed by atoms with Crippen LogP contribution in [0.3, 0.4) is 0 Å². The second-order valence-corrected chi connectivity index (χ2v) is 5.24. The van der Waals surface area contributed by atoms with Gasteiger partial charge >= 0.3 is 12.0 Å². The van der Waals surface area contributed by atoms with Gasteiger partial charge in [-0.05, 0) is 25.8 Å². The lowest BCUT2D eigenvalue weighted by atomic mass is 10.1. The number of hydrogen-bond acceptors (Lipinski definition) is 3. The van der Waals surface area contributed by atoms with Crippen LogP contribution >= 0.6 is 0 Å². The topological polar surface area (TPSA) is 82.8 Å². The Morgan fingerprint density at radius 2 is 2.00 bits per heavy atom. The number of amides is 2. The molecule has 0 aliphatic carbocycles. The number of carboxylic acid groups (broad SMARTS) is 1. The molecule has 0 aliphatic heterocycles. The Morgan fingerprint density at radius 1 is 1.40 bits per heavy atom. The van der Waals surface area contributed by atoms with Gasteiger partial charge in [-0.25, -0.2) is 9.59 Å². The number of aromatic carboxylic acids is 1. The summed E-state index contributed by atoms with van der Waals surface area (Å²) in [4.78, 5) is 24.5. The summed E-state index contributed by atoms with van der Waals surface area (Å²) in [6.07, 6.45) is 0. The average molecular weight is 282 g/mol. The Bertz CT molecular complexity index is 493. The van der Waals surface area contributed by atoms with E-state index in [1.165, 1.54) is 6.07 Å². The Balaban J connectivity index is 2.61. The minimum Gasteiger partial charge on any atom is -0.478 e. The summed E-state index contributed by atoms with van der Waals surface area (Å²) in [7, 11) is 1.73. The molecule has 2 N–H and O–H groups in total. The molecule has 1 rings (SSSR count). The van der Waals surface area contributed by atoms with Crippen LogP contribution in [0.25, 0.3) is 0 Å². The zero-order valence-corrected chi connectivity index (χ0v) is 12.6. The van der Waals surface area contributed by atoms with E-state index < -0.39 is 5.97 Å². The van der Waals surface area contributed by atoms with Crippen molar-refractivity contribution < 1.29 is 19.1 Å². The molecule has 0 saturated heterocycles. The number of hydrogen-bond donors (Lipinski definition) is 2. The highest BCUT2D eigenvalue weighted by Gasteiger charge is 2.19. The molecule has 0 spiro atoms. The van der Waals surface area contributed by atoms with Gasteiger partial charge in [-0.3, -0.25) is 0 Å². The minimum absolute atomic E-state index is 0.114. The summed E-state index contributed by atoms with van der Waals surface area (Å²) in [5.74, 6) is 0.0918. The molecule has 0 radical (unpaired) electrons. The standard InChI is InChI=1S/C14H22N2O4/c1-8(2)9(3)16(5)14(19)15-7-11-6-12(13(17)18)10(4)20-11/h6,8-9H,7H2,1-5H3,(H,15,19)(H,17,18). The number of urea groups is 1. The lowest BCUT2D eigenvalue weighted by Gasteiger charge is -2.27. The van der Waals surface area contributed by atoms with Gasteiger partial charge in [-0.2, -0.15) is 0 Å². The predicted molar refractivity (Wildman–Crippen MR) is 74.7 cm³/mol. The van der Waals surface area contributed by atoms with Crippen LogP contribution in [-0.4, -0.2) is 35.1 Å². The molecule has 0 bridgehead atoms. The number of rotatable bonds is 5. The molecule has 20 heavy (non-hydrogen) atoms. The van der Waals surface area contributed by atoms with Crippen molar-refractivity contribution in [3.05, 3.63) is 23.2 Å². The predicted octanol–water partition coefficient (Wildman–Crippen LogP) is 2.47. The van der Waals surface area contributed by atoms with E-state index in [1.807, 2.05) is 20.8 Å². The number of nitrogens with one attached hydrogen (secondary N) is 1. The highest BCUT2D eigenvalue weighted by atomic mass is 16.4. The number of carbonyl (C=O) groups is 2. The molecule has 0 aromatic carbocycles. The smallest absolute Gasteiger partial charge is 0.339 e. The Hall–Kier alpha value is -1.98. The maximum absolute atomic E-state index is 11.9. The number of nitrogens with zero attached hydrogens (tertiary/aromatic N) is 1. The van der Waals surface area contributed by atoms with E-state index in [4.69, 9.17) is 9.52 Å². The number of furan rings is 1. The fourth-order valence-corrected chi connectivity index (χ4v) is 1.76. The van der Waals surface area contributed by atoms with Crippen molar-refractivity contribution in [2.75, 3.05) is 7.05 Å². The van der Waals surface area contributed by atoms with E-state index in [-0.39, 0.29) is 24.2 Å². The van der Waals surface area contributed by atoms with Crippen LogP contribution in [0.1, 0.15) is 42.6 Å². The van der Waals surface area contributed by atoms with Crippen LogP contribution in [0.2, 0.25) is 0 Å². The average Bonchev–Trinajstić information content (AvgIpc) is 2.75. The third-order valence-corrected chi connectivity index (χ3v) is 3.51. The molecular formula is C14H22N2O4. The molecule has 0 aliphatic rings. The summed E-state index contributed by atoms with van der Waals surface area (Å²) in [6.45, 7) is 7.82. The van der Waals surface area contributed by atoms with Crippen molar-refractivity contribution in [2.24, 2.45) is 5.92 Å². The molecule has 1 aromatic heterocycles. The van der Waals surface area contributed by atoms with E-state index in [9.17, 15) is 9.59 Å². The van der Waals surface area contributed by atoms with Crippen LogP contribution in [0.4, 0.5) is 4.79 Å². The van der Waals surface area contributed by atoms with Crippen LogP contribution < -0.4 is 5.32 Å². The lowest BCUT2D eigenvalue weighted by molar-refractivity contribution is 0.0695. The van der Waals surface area contributed by atoms with E-state index in [1.54, 1.807) is 18.9 Å². The maximum Gasteiger partial charge on any atom is 0.339 e. The molecule has 0 saturated carbocycles. The van der Waals surface area contributed by atoms with Gasteiger partial charge in [0, 0.05) is 13.1 Å². The molecule has 1 aromatic rings. The molecule has 2 amide bonds. The maximum atomic E-state index is 11.9. The van der Waals surface area contributed by atoms with Crippen molar-refractivity contribution in [3.63, 3.8) is 0 Å². The van der Waals surface area contributed by atoms with Crippen LogP contribution in [0.5, 0.6) is 0 Å². The fourth-order valence-electron chi connectivity index (χ4n) is 1.76. The highest BCUT2D eigenvalue weighted by Crippen LogP contribution is 2.14. The monoisotopic (exact) mass is 282 g/mol. The lowest BCUT2D eigenvalue weighted by Crippen LogP contribution is -2.44. The first-order valence-corrected chi connectivity index (χ1v) is 6.57. The highest BCUT2D eigenvalue weighted by molar-refractivity contribution is 5.88. The minimum atomic E-state index is -1.03. The van der Waals surface area contributed by atoms with Gasteiger partial charge in [-0.15, -0.1) is 0 Å². The SMILES string of the molecule is Cc1oc(CNC(=O)N(C)C(C)C(C)C)cc1C(=O)O. The van der Waals surface area contributed by atoms with Crippen molar-refractivity contribution in [1.82, 2.24) is 10.2 Å². The quantitative estimate of drug-likeness (QED) is 0.869. The zero-order valence-electron chi connectivity index (χ0n) is 12.6. The molecule has 112 valence electrons. The summed E-state index contributed by atoms with van der Waals surface area (Å²) in [5.41, 5.74) is 0.123. The number of aryl methyl sites for hydroxylation is 1. The van der Waals surface area contributed by atoms with Gasteiger partial charge in [0.1, 0.15) is 17.1 Å². The summed E-state index contributed by atoms with van der Waals surface area (Å²) < 4.78 is 5.30. The van der Waals surface area contributed by atoms with Gasteiger partial charge < -0.3 is 19.7 Å². The Labute approximate surface area is 118 Å². The second kappa shape index (κ2) is 6.45. The first kappa shape index (κ1) is 16.1. The van der Waals surface area contributed by atoms with Gasteiger partial charge in [0.25, 0.3) is 0 Å². The molecule has 6 heteroatoms. The third-order valence-electron chi connectivity index (χ3n) is 3.51. The number of carboxylic acids is 1. The summed E-state index contributed by atoms with van der Waals surface area (Å²) in [6, 6.07) is 1.34. The van der Waals surface area contributed by atoms with Crippen molar-refractivity contribution in [1.29, 1.82) is 0 Å². The largest absolute Gasteiger partial charge is 0.478 e. The Kier molecular flexibility index (Phi) is 5.19. The normalized spacial score (nSPS) is 12.3. The van der Waals surface area contributed by atoms with Crippen LogP contribution in [0, 0.1) is 12.8 Å². The number of carbonyl (C=O) groups excluding carboxylic acids is 1. The molecular weight excluding hydrogens is 260 g/mol. The molecule has 1 atom stereocenters.